The minimum Gasteiger partial charge on any atom is -0.489 e. The molecular weight excluding hydrogens is 248 g/mol. The molecule has 0 aliphatic rings. The molecule has 0 saturated heterocycles. The first kappa shape index (κ1) is 14.5. The maximum Gasteiger partial charge on any atom is 0.124 e. The van der Waals surface area contributed by atoms with E-state index < -0.39 is 0 Å². The van der Waals surface area contributed by atoms with Crippen LogP contribution < -0.4 is 10.1 Å². The summed E-state index contributed by atoms with van der Waals surface area (Å²) in [6.45, 7) is 6.81. The van der Waals surface area contributed by atoms with Crippen molar-refractivity contribution < 1.29 is 4.74 Å². The van der Waals surface area contributed by atoms with Crippen molar-refractivity contribution in [2.75, 3.05) is 6.54 Å². The van der Waals surface area contributed by atoms with Crippen molar-refractivity contribution in [2.45, 2.75) is 27.0 Å². The number of nitrogens with zero attached hydrogens (tertiary/aromatic N) is 1. The number of pyridine rings is 1. The van der Waals surface area contributed by atoms with Crippen LogP contribution in [0, 0.1) is 5.92 Å². The molecule has 3 heteroatoms. The van der Waals surface area contributed by atoms with Gasteiger partial charge in [-0.05, 0) is 24.6 Å². The van der Waals surface area contributed by atoms with Crippen molar-refractivity contribution in [3.63, 3.8) is 0 Å². The monoisotopic (exact) mass is 270 g/mol. The van der Waals surface area contributed by atoms with E-state index in [9.17, 15) is 0 Å². The number of hydrogen-bond donors (Lipinski definition) is 1. The standard InChI is InChI=1S/C17H22N2O/c1-14(2)10-19-12-16-7-3-4-8-17(16)20-13-15-6-5-9-18-11-15/h3-9,11,14,19H,10,12-13H2,1-2H3. The van der Waals surface area contributed by atoms with Gasteiger partial charge in [-0.2, -0.15) is 0 Å². The number of nitrogens with one attached hydrogen (secondary N) is 1. The zero-order chi connectivity index (χ0) is 14.2. The van der Waals surface area contributed by atoms with Crippen LogP contribution in [0.1, 0.15) is 25.0 Å². The summed E-state index contributed by atoms with van der Waals surface area (Å²) in [6, 6.07) is 12.1. The van der Waals surface area contributed by atoms with Crippen molar-refractivity contribution in [3.8, 4) is 5.75 Å². The lowest BCUT2D eigenvalue weighted by Crippen LogP contribution is -2.19. The quantitative estimate of drug-likeness (QED) is 0.837. The molecule has 2 aromatic rings. The van der Waals surface area contributed by atoms with Crippen LogP contribution in [-0.4, -0.2) is 11.5 Å². The van der Waals surface area contributed by atoms with Gasteiger partial charge in [-0.25, -0.2) is 0 Å². The van der Waals surface area contributed by atoms with Crippen LogP contribution in [0.5, 0.6) is 5.75 Å². The Kier molecular flexibility index (Phi) is 5.56. The molecule has 0 radical (unpaired) electrons. The summed E-state index contributed by atoms with van der Waals surface area (Å²) < 4.78 is 5.90. The third-order valence-corrected chi connectivity index (χ3v) is 2.96. The molecule has 1 aromatic heterocycles. The first-order valence-corrected chi connectivity index (χ1v) is 7.06. The number of para-hydroxylation sites is 1. The molecule has 2 rings (SSSR count). The molecule has 106 valence electrons. The first-order chi connectivity index (χ1) is 9.75. The van der Waals surface area contributed by atoms with Crippen LogP contribution in [0.4, 0.5) is 0 Å². The van der Waals surface area contributed by atoms with Gasteiger partial charge in [0.2, 0.25) is 0 Å². The van der Waals surface area contributed by atoms with Crippen LogP contribution >= 0.6 is 0 Å². The fraction of sp³-hybridized carbons (Fsp3) is 0.353. The molecule has 0 aliphatic carbocycles. The zero-order valence-corrected chi connectivity index (χ0v) is 12.2. The highest BCUT2D eigenvalue weighted by Gasteiger charge is 2.03. The molecule has 0 atom stereocenters. The SMILES string of the molecule is CC(C)CNCc1ccccc1OCc1cccnc1. The maximum absolute atomic E-state index is 5.90. The molecule has 0 spiro atoms. The first-order valence-electron chi connectivity index (χ1n) is 7.06. The highest BCUT2D eigenvalue weighted by molar-refractivity contribution is 5.33. The average molecular weight is 270 g/mol. The van der Waals surface area contributed by atoms with Crippen LogP contribution in [0.3, 0.4) is 0 Å². The van der Waals surface area contributed by atoms with Crippen LogP contribution in [0.15, 0.2) is 48.8 Å². The molecule has 1 N–H and O–H groups in total. The molecule has 0 unspecified atom stereocenters. The minimum atomic E-state index is 0.551. The fourth-order valence-corrected chi connectivity index (χ4v) is 1.93. The molecule has 1 aromatic carbocycles. The van der Waals surface area contributed by atoms with Crippen LogP contribution in [0.2, 0.25) is 0 Å². The Bertz CT molecular complexity index is 511. The number of rotatable bonds is 7. The Morgan fingerprint density at radius 3 is 2.75 bits per heavy atom. The summed E-state index contributed by atoms with van der Waals surface area (Å²) in [4.78, 5) is 4.10. The molecule has 0 bridgehead atoms. The number of hydrogen-bond acceptors (Lipinski definition) is 3. The summed E-state index contributed by atoms with van der Waals surface area (Å²) >= 11 is 0. The van der Waals surface area contributed by atoms with E-state index in [0.29, 0.717) is 12.5 Å². The minimum absolute atomic E-state index is 0.551. The van der Waals surface area contributed by atoms with Gasteiger partial charge in [0.25, 0.3) is 0 Å². The number of aromatic nitrogens is 1. The van der Waals surface area contributed by atoms with Crippen molar-refractivity contribution in [1.29, 1.82) is 0 Å². The third-order valence-electron chi connectivity index (χ3n) is 2.96. The molecular formula is C17H22N2O. The van der Waals surface area contributed by atoms with Gasteiger partial charge >= 0.3 is 0 Å². The van der Waals surface area contributed by atoms with Gasteiger partial charge in [-0.3, -0.25) is 4.98 Å². The number of ether oxygens (including phenoxy) is 1. The molecule has 3 nitrogen and oxygen atoms in total. The summed E-state index contributed by atoms with van der Waals surface area (Å²) in [5, 5.41) is 3.45. The molecule has 0 saturated carbocycles. The van der Waals surface area contributed by atoms with Crippen LogP contribution in [-0.2, 0) is 13.2 Å². The summed E-state index contributed by atoms with van der Waals surface area (Å²) in [5.41, 5.74) is 2.27. The lowest BCUT2D eigenvalue weighted by molar-refractivity contribution is 0.301. The zero-order valence-electron chi connectivity index (χ0n) is 12.2. The third kappa shape index (κ3) is 4.67. The smallest absolute Gasteiger partial charge is 0.124 e. The topological polar surface area (TPSA) is 34.1 Å². The second-order valence-corrected chi connectivity index (χ2v) is 5.28. The van der Waals surface area contributed by atoms with Crippen molar-refractivity contribution in [2.24, 2.45) is 5.92 Å². The van der Waals surface area contributed by atoms with E-state index in [2.05, 4.69) is 30.2 Å². The van der Waals surface area contributed by atoms with Gasteiger partial charge in [0, 0.05) is 30.1 Å². The van der Waals surface area contributed by atoms with E-state index >= 15 is 0 Å². The maximum atomic E-state index is 5.90. The second kappa shape index (κ2) is 7.65. The van der Waals surface area contributed by atoms with E-state index in [1.165, 1.54) is 5.56 Å². The predicted octanol–water partition coefficient (Wildman–Crippen LogP) is 3.41. The van der Waals surface area contributed by atoms with Crippen molar-refractivity contribution >= 4 is 0 Å². The predicted molar refractivity (Wildman–Crippen MR) is 81.6 cm³/mol. The largest absolute Gasteiger partial charge is 0.489 e. The highest BCUT2D eigenvalue weighted by atomic mass is 16.5. The molecule has 0 amide bonds. The van der Waals surface area contributed by atoms with Crippen LogP contribution in [0.25, 0.3) is 0 Å². The average Bonchev–Trinajstić information content (AvgIpc) is 2.47. The normalized spacial score (nSPS) is 10.8. The van der Waals surface area contributed by atoms with Crippen molar-refractivity contribution in [3.05, 3.63) is 59.9 Å². The van der Waals surface area contributed by atoms with E-state index in [4.69, 9.17) is 4.74 Å². The summed E-state index contributed by atoms with van der Waals surface area (Å²) in [5.74, 6) is 1.59. The van der Waals surface area contributed by atoms with Gasteiger partial charge in [0.15, 0.2) is 0 Å². The van der Waals surface area contributed by atoms with E-state index in [-0.39, 0.29) is 0 Å². The Morgan fingerprint density at radius 1 is 1.15 bits per heavy atom. The summed E-state index contributed by atoms with van der Waals surface area (Å²) in [6.07, 6.45) is 3.60. The van der Waals surface area contributed by atoms with Gasteiger partial charge in [-0.1, -0.05) is 38.1 Å². The molecule has 20 heavy (non-hydrogen) atoms. The number of benzene rings is 1. The van der Waals surface area contributed by atoms with Gasteiger partial charge in [-0.15, -0.1) is 0 Å². The molecule has 1 heterocycles. The highest BCUT2D eigenvalue weighted by Crippen LogP contribution is 2.19. The van der Waals surface area contributed by atoms with Gasteiger partial charge < -0.3 is 10.1 Å². The Balaban J connectivity index is 1.93. The fourth-order valence-electron chi connectivity index (χ4n) is 1.93. The van der Waals surface area contributed by atoms with Crippen molar-refractivity contribution in [1.82, 2.24) is 10.3 Å². The second-order valence-electron chi connectivity index (χ2n) is 5.28. The van der Waals surface area contributed by atoms with Gasteiger partial charge in [0.05, 0.1) is 0 Å². The Morgan fingerprint density at radius 2 is 2.00 bits per heavy atom. The molecule has 0 aliphatic heterocycles. The van der Waals surface area contributed by atoms with E-state index in [1.54, 1.807) is 6.20 Å². The lowest BCUT2D eigenvalue weighted by Gasteiger charge is -2.13. The van der Waals surface area contributed by atoms with E-state index in [0.717, 1.165) is 24.4 Å². The van der Waals surface area contributed by atoms with Gasteiger partial charge in [0.1, 0.15) is 12.4 Å². The molecule has 0 fully saturated rings. The Hall–Kier alpha value is -1.87. The van der Waals surface area contributed by atoms with E-state index in [1.807, 2.05) is 36.5 Å². The lowest BCUT2D eigenvalue weighted by atomic mass is 10.2. The summed E-state index contributed by atoms with van der Waals surface area (Å²) in [7, 11) is 0. The Labute approximate surface area is 121 Å².